The maximum absolute atomic E-state index is 12.2. The third kappa shape index (κ3) is 3.67. The number of carbonyl (C=O) groups is 2. The molecule has 1 aromatic heterocycles. The van der Waals surface area contributed by atoms with Crippen LogP contribution in [0.15, 0.2) is 29.4 Å². The maximum Gasteiger partial charge on any atom is 0.324 e. The average Bonchev–Trinajstić information content (AvgIpc) is 3.26. The molecule has 3 amide bonds. The molecular weight excluding hydrogens is 354 g/mol. The van der Waals surface area contributed by atoms with Crippen molar-refractivity contribution in [2.75, 3.05) is 26.0 Å². The topological polar surface area (TPSA) is 89.4 Å². The molecule has 1 aliphatic heterocycles. The summed E-state index contributed by atoms with van der Waals surface area (Å²) < 4.78 is 7.18. The van der Waals surface area contributed by atoms with E-state index in [1.165, 1.54) is 16.7 Å². The van der Waals surface area contributed by atoms with Gasteiger partial charge in [-0.3, -0.25) is 14.3 Å². The Bertz CT molecular complexity index is 803. The lowest BCUT2D eigenvalue weighted by molar-refractivity contribution is -0.124. The fourth-order valence-electron chi connectivity index (χ4n) is 2.69. The number of ether oxygens (including phenoxy) is 1. The zero-order chi connectivity index (χ0) is 18.7. The summed E-state index contributed by atoms with van der Waals surface area (Å²) in [6.45, 7) is 4.98. The Morgan fingerprint density at radius 2 is 2.04 bits per heavy atom. The van der Waals surface area contributed by atoms with Crippen molar-refractivity contribution in [3.8, 4) is 17.1 Å². The Labute approximate surface area is 155 Å². The molecule has 0 bridgehead atoms. The Morgan fingerprint density at radius 1 is 1.31 bits per heavy atom. The summed E-state index contributed by atoms with van der Waals surface area (Å²) in [4.78, 5) is 25.0. The van der Waals surface area contributed by atoms with Crippen LogP contribution < -0.4 is 10.1 Å². The highest BCUT2D eigenvalue weighted by atomic mass is 32.2. The molecule has 26 heavy (non-hydrogen) atoms. The first kappa shape index (κ1) is 18.2. The molecule has 0 saturated carbocycles. The van der Waals surface area contributed by atoms with Gasteiger partial charge in [0.05, 0.1) is 12.9 Å². The molecule has 9 heteroatoms. The number of nitrogens with zero attached hydrogens (tertiary/aromatic N) is 4. The summed E-state index contributed by atoms with van der Waals surface area (Å²) in [5.74, 6) is 1.42. The standard InChI is InChI=1S/C17H21N5O3S/c1-11(2)22-15(12-4-6-13(25-3)7-5-12)19-20-17(22)26-10-14(23)21-9-8-18-16(21)24/h4-7,11H,8-10H2,1-3H3,(H,18,24). The molecule has 2 heterocycles. The molecule has 0 aliphatic carbocycles. The number of urea groups is 1. The Hall–Kier alpha value is -2.55. The Morgan fingerprint density at radius 3 is 2.62 bits per heavy atom. The zero-order valence-electron chi connectivity index (χ0n) is 14.9. The molecule has 1 aromatic carbocycles. The van der Waals surface area contributed by atoms with E-state index < -0.39 is 0 Å². The third-order valence-corrected chi connectivity index (χ3v) is 4.94. The highest BCUT2D eigenvalue weighted by Gasteiger charge is 2.27. The van der Waals surface area contributed by atoms with Gasteiger partial charge in [-0.05, 0) is 38.1 Å². The summed E-state index contributed by atoms with van der Waals surface area (Å²) in [6.07, 6.45) is 0. The molecule has 138 valence electrons. The summed E-state index contributed by atoms with van der Waals surface area (Å²) in [7, 11) is 1.62. The van der Waals surface area contributed by atoms with Crippen LogP contribution in [0.5, 0.6) is 5.75 Å². The van der Waals surface area contributed by atoms with Crippen LogP contribution in [0.2, 0.25) is 0 Å². The monoisotopic (exact) mass is 375 g/mol. The van der Waals surface area contributed by atoms with Gasteiger partial charge in [0, 0.05) is 24.7 Å². The number of carbonyl (C=O) groups excluding carboxylic acids is 2. The van der Waals surface area contributed by atoms with Crippen LogP contribution in [-0.2, 0) is 4.79 Å². The molecule has 0 atom stereocenters. The summed E-state index contributed by atoms with van der Waals surface area (Å²) in [6, 6.07) is 7.38. The highest BCUT2D eigenvalue weighted by Crippen LogP contribution is 2.28. The van der Waals surface area contributed by atoms with Gasteiger partial charge in [-0.25, -0.2) is 4.79 Å². The lowest BCUT2D eigenvalue weighted by atomic mass is 10.2. The van der Waals surface area contributed by atoms with Crippen molar-refractivity contribution < 1.29 is 14.3 Å². The van der Waals surface area contributed by atoms with Crippen LogP contribution in [0, 0.1) is 0 Å². The number of nitrogens with one attached hydrogen (secondary N) is 1. The molecule has 3 rings (SSSR count). The number of aromatic nitrogens is 3. The number of rotatable bonds is 6. The second kappa shape index (κ2) is 7.77. The lowest BCUT2D eigenvalue weighted by Gasteiger charge is -2.15. The van der Waals surface area contributed by atoms with Gasteiger partial charge in [0.1, 0.15) is 5.75 Å². The van der Waals surface area contributed by atoms with E-state index in [1.54, 1.807) is 7.11 Å². The van der Waals surface area contributed by atoms with Crippen molar-refractivity contribution in [3.63, 3.8) is 0 Å². The predicted octanol–water partition coefficient (Wildman–Crippen LogP) is 2.18. The lowest BCUT2D eigenvalue weighted by Crippen LogP contribution is -2.35. The molecule has 0 unspecified atom stereocenters. The number of thioether (sulfide) groups is 1. The van der Waals surface area contributed by atoms with Gasteiger partial charge in [-0.1, -0.05) is 11.8 Å². The molecule has 0 radical (unpaired) electrons. The molecule has 8 nitrogen and oxygen atoms in total. The first-order chi connectivity index (χ1) is 12.5. The largest absolute Gasteiger partial charge is 0.497 e. The maximum atomic E-state index is 12.2. The van der Waals surface area contributed by atoms with E-state index >= 15 is 0 Å². The molecular formula is C17H21N5O3S. The van der Waals surface area contributed by atoms with E-state index in [1.807, 2.05) is 42.7 Å². The highest BCUT2D eigenvalue weighted by molar-refractivity contribution is 7.99. The summed E-state index contributed by atoms with van der Waals surface area (Å²) >= 11 is 1.29. The fourth-order valence-corrected chi connectivity index (χ4v) is 3.63. The van der Waals surface area contributed by atoms with Crippen molar-refractivity contribution >= 4 is 23.7 Å². The number of amides is 3. The second-order valence-corrected chi connectivity index (χ2v) is 7.01. The van der Waals surface area contributed by atoms with E-state index in [4.69, 9.17) is 4.74 Å². The van der Waals surface area contributed by atoms with Gasteiger partial charge in [0.2, 0.25) is 5.91 Å². The van der Waals surface area contributed by atoms with Crippen molar-refractivity contribution in [2.24, 2.45) is 0 Å². The van der Waals surface area contributed by atoms with Crippen molar-refractivity contribution in [3.05, 3.63) is 24.3 Å². The summed E-state index contributed by atoms with van der Waals surface area (Å²) in [5, 5.41) is 11.8. The SMILES string of the molecule is COc1ccc(-c2nnc(SCC(=O)N3CCNC3=O)n2C(C)C)cc1. The van der Waals surface area contributed by atoms with Crippen LogP contribution >= 0.6 is 11.8 Å². The predicted molar refractivity (Wildman–Crippen MR) is 98.2 cm³/mol. The summed E-state index contributed by atoms with van der Waals surface area (Å²) in [5.41, 5.74) is 0.920. The van der Waals surface area contributed by atoms with Gasteiger partial charge >= 0.3 is 6.03 Å². The minimum absolute atomic E-state index is 0.120. The van der Waals surface area contributed by atoms with Crippen molar-refractivity contribution in [1.82, 2.24) is 25.0 Å². The Kier molecular flexibility index (Phi) is 5.46. The number of hydrogen-bond donors (Lipinski definition) is 1. The van der Waals surface area contributed by atoms with Crippen LogP contribution in [0.25, 0.3) is 11.4 Å². The first-order valence-corrected chi connectivity index (χ1v) is 9.30. The van der Waals surface area contributed by atoms with E-state index in [2.05, 4.69) is 15.5 Å². The number of methoxy groups -OCH3 is 1. The minimum atomic E-state index is -0.333. The van der Waals surface area contributed by atoms with Gasteiger partial charge in [0.25, 0.3) is 0 Å². The molecule has 1 fully saturated rings. The normalized spacial score (nSPS) is 14.0. The second-order valence-electron chi connectivity index (χ2n) is 6.06. The number of hydrogen-bond acceptors (Lipinski definition) is 6. The van der Waals surface area contributed by atoms with E-state index in [0.717, 1.165) is 17.1 Å². The molecule has 2 aromatic rings. The van der Waals surface area contributed by atoms with Crippen LogP contribution in [-0.4, -0.2) is 57.6 Å². The molecule has 1 N–H and O–H groups in total. The molecule has 1 aliphatic rings. The van der Waals surface area contributed by atoms with Gasteiger partial charge in [0.15, 0.2) is 11.0 Å². The van der Waals surface area contributed by atoms with Crippen LogP contribution in [0.1, 0.15) is 19.9 Å². The van der Waals surface area contributed by atoms with Gasteiger partial charge < -0.3 is 10.1 Å². The third-order valence-electron chi connectivity index (χ3n) is 4.01. The van der Waals surface area contributed by atoms with Crippen molar-refractivity contribution in [2.45, 2.75) is 25.0 Å². The zero-order valence-corrected chi connectivity index (χ0v) is 15.7. The van der Waals surface area contributed by atoms with Gasteiger partial charge in [-0.2, -0.15) is 0 Å². The molecule has 0 spiro atoms. The van der Waals surface area contributed by atoms with E-state index in [9.17, 15) is 9.59 Å². The van der Waals surface area contributed by atoms with Crippen LogP contribution in [0.4, 0.5) is 4.79 Å². The van der Waals surface area contributed by atoms with E-state index in [0.29, 0.717) is 18.2 Å². The van der Waals surface area contributed by atoms with Crippen LogP contribution in [0.3, 0.4) is 0 Å². The van der Waals surface area contributed by atoms with Gasteiger partial charge in [-0.15, -0.1) is 10.2 Å². The van der Waals surface area contributed by atoms with E-state index in [-0.39, 0.29) is 23.7 Å². The number of imide groups is 1. The first-order valence-electron chi connectivity index (χ1n) is 8.31. The minimum Gasteiger partial charge on any atom is -0.497 e. The average molecular weight is 375 g/mol. The Balaban J connectivity index is 1.78. The quantitative estimate of drug-likeness (QED) is 0.779. The van der Waals surface area contributed by atoms with Crippen molar-refractivity contribution in [1.29, 1.82) is 0 Å². The fraction of sp³-hybridized carbons (Fsp3) is 0.412. The number of benzene rings is 1. The molecule has 1 saturated heterocycles. The smallest absolute Gasteiger partial charge is 0.324 e.